The van der Waals surface area contributed by atoms with Crippen molar-refractivity contribution in [2.75, 3.05) is 7.11 Å². The molecule has 0 amide bonds. The first-order chi connectivity index (χ1) is 10.6. The van der Waals surface area contributed by atoms with E-state index in [0.29, 0.717) is 0 Å². The molecule has 0 spiro atoms. The molecule has 22 heavy (non-hydrogen) atoms. The molecule has 3 rings (SSSR count). The van der Waals surface area contributed by atoms with Crippen molar-refractivity contribution in [3.05, 3.63) is 59.2 Å². The highest BCUT2D eigenvalue weighted by atomic mass is 16.5. The summed E-state index contributed by atoms with van der Waals surface area (Å²) < 4.78 is 5.46. The van der Waals surface area contributed by atoms with Crippen LogP contribution in [0, 0.1) is 13.8 Å². The highest BCUT2D eigenvalue weighted by Gasteiger charge is 2.07. The van der Waals surface area contributed by atoms with Gasteiger partial charge in [-0.05, 0) is 61.2 Å². The average molecular weight is 291 g/mol. The fraction of sp³-hybridized carbons (Fsp3) is 0.250. The zero-order valence-corrected chi connectivity index (χ0v) is 13.6. The van der Waals surface area contributed by atoms with Crippen LogP contribution in [0.25, 0.3) is 22.2 Å². The summed E-state index contributed by atoms with van der Waals surface area (Å²) >= 11 is 0. The van der Waals surface area contributed by atoms with Gasteiger partial charge < -0.3 is 4.74 Å². The third-order valence-electron chi connectivity index (χ3n) is 4.27. The van der Waals surface area contributed by atoms with E-state index in [4.69, 9.17) is 9.72 Å². The zero-order valence-electron chi connectivity index (χ0n) is 13.6. The van der Waals surface area contributed by atoms with Crippen LogP contribution >= 0.6 is 0 Å². The van der Waals surface area contributed by atoms with Gasteiger partial charge in [0.05, 0.1) is 18.3 Å². The first-order valence-corrected chi connectivity index (χ1v) is 7.67. The van der Waals surface area contributed by atoms with E-state index in [9.17, 15) is 0 Å². The normalized spacial score (nSPS) is 10.9. The lowest BCUT2D eigenvalue weighted by Crippen LogP contribution is -1.93. The van der Waals surface area contributed by atoms with Crippen molar-refractivity contribution in [3.8, 4) is 17.0 Å². The number of hydrogen-bond donors (Lipinski definition) is 0. The Labute approximate surface area is 131 Å². The van der Waals surface area contributed by atoms with Gasteiger partial charge in [0.1, 0.15) is 5.75 Å². The molecule has 0 radical (unpaired) electrons. The van der Waals surface area contributed by atoms with Gasteiger partial charge in [-0.3, -0.25) is 0 Å². The smallest absolute Gasteiger partial charge is 0.122 e. The topological polar surface area (TPSA) is 22.1 Å². The van der Waals surface area contributed by atoms with E-state index < -0.39 is 0 Å². The molecule has 0 aliphatic rings. The summed E-state index contributed by atoms with van der Waals surface area (Å²) in [7, 11) is 1.72. The zero-order chi connectivity index (χ0) is 15.7. The molecular weight excluding hydrogens is 270 g/mol. The van der Waals surface area contributed by atoms with Crippen molar-refractivity contribution in [1.29, 1.82) is 0 Å². The largest absolute Gasteiger partial charge is 0.496 e. The van der Waals surface area contributed by atoms with Crippen LogP contribution < -0.4 is 4.74 Å². The Morgan fingerprint density at radius 1 is 0.955 bits per heavy atom. The molecule has 1 heterocycles. The summed E-state index contributed by atoms with van der Waals surface area (Å²) in [5.74, 6) is 0.940. The number of rotatable bonds is 3. The molecule has 0 saturated heterocycles. The van der Waals surface area contributed by atoms with Gasteiger partial charge in [0.2, 0.25) is 0 Å². The lowest BCUT2D eigenvalue weighted by molar-refractivity contribution is 0.411. The molecule has 0 aliphatic heterocycles. The summed E-state index contributed by atoms with van der Waals surface area (Å²) in [5, 5.41) is 1.11. The van der Waals surface area contributed by atoms with E-state index in [-0.39, 0.29) is 0 Å². The Bertz CT molecular complexity index is 836. The SMILES string of the molecule is CCc1cc2nc(-c3ccc(C)c(C)c3)ccc2cc1OC. The van der Waals surface area contributed by atoms with Gasteiger partial charge >= 0.3 is 0 Å². The number of benzene rings is 2. The lowest BCUT2D eigenvalue weighted by Gasteiger charge is -2.10. The molecule has 0 bridgehead atoms. The van der Waals surface area contributed by atoms with E-state index >= 15 is 0 Å². The van der Waals surface area contributed by atoms with Gasteiger partial charge in [-0.15, -0.1) is 0 Å². The highest BCUT2D eigenvalue weighted by molar-refractivity contribution is 5.84. The minimum atomic E-state index is 0.939. The molecule has 2 aromatic carbocycles. The maximum absolute atomic E-state index is 5.46. The molecule has 0 saturated carbocycles. The maximum atomic E-state index is 5.46. The summed E-state index contributed by atoms with van der Waals surface area (Å²) in [6.07, 6.45) is 0.939. The minimum absolute atomic E-state index is 0.939. The number of fused-ring (bicyclic) bond motifs is 1. The second-order valence-electron chi connectivity index (χ2n) is 5.71. The molecule has 2 nitrogen and oxygen atoms in total. The van der Waals surface area contributed by atoms with Crippen molar-refractivity contribution >= 4 is 10.9 Å². The quantitative estimate of drug-likeness (QED) is 0.670. The van der Waals surface area contributed by atoms with Crippen molar-refractivity contribution in [3.63, 3.8) is 0 Å². The van der Waals surface area contributed by atoms with Crippen molar-refractivity contribution < 1.29 is 4.74 Å². The van der Waals surface area contributed by atoms with Gasteiger partial charge in [-0.1, -0.05) is 25.1 Å². The van der Waals surface area contributed by atoms with E-state index in [2.05, 4.69) is 63.2 Å². The second kappa shape index (κ2) is 5.80. The third-order valence-corrected chi connectivity index (χ3v) is 4.27. The Balaban J connectivity index is 2.14. The van der Waals surface area contributed by atoms with Crippen LogP contribution in [-0.4, -0.2) is 12.1 Å². The molecule has 0 aliphatic carbocycles. The number of hydrogen-bond acceptors (Lipinski definition) is 2. The number of ether oxygens (including phenoxy) is 1. The van der Waals surface area contributed by atoms with Crippen LogP contribution in [0.15, 0.2) is 42.5 Å². The Morgan fingerprint density at radius 2 is 1.77 bits per heavy atom. The summed E-state index contributed by atoms with van der Waals surface area (Å²) in [6, 6.07) is 14.9. The van der Waals surface area contributed by atoms with E-state index in [1.54, 1.807) is 7.11 Å². The predicted molar refractivity (Wildman–Crippen MR) is 92.6 cm³/mol. The van der Waals surface area contributed by atoms with Gasteiger partial charge in [0, 0.05) is 10.9 Å². The maximum Gasteiger partial charge on any atom is 0.122 e. The third kappa shape index (κ3) is 2.57. The Morgan fingerprint density at radius 3 is 2.45 bits per heavy atom. The molecule has 0 fully saturated rings. The van der Waals surface area contributed by atoms with Crippen LogP contribution in [0.4, 0.5) is 0 Å². The van der Waals surface area contributed by atoms with Crippen LogP contribution in [0.5, 0.6) is 5.75 Å². The molecule has 0 N–H and O–H groups in total. The standard InChI is InChI=1S/C20H21NO/c1-5-15-11-19-17(12-20(15)22-4)8-9-18(21-19)16-7-6-13(2)14(3)10-16/h6-12H,5H2,1-4H3. The monoisotopic (exact) mass is 291 g/mol. The minimum Gasteiger partial charge on any atom is -0.496 e. The van der Waals surface area contributed by atoms with Crippen LogP contribution in [0.2, 0.25) is 0 Å². The first-order valence-electron chi connectivity index (χ1n) is 7.67. The number of nitrogens with zero attached hydrogens (tertiary/aromatic N) is 1. The molecule has 2 heteroatoms. The number of pyridine rings is 1. The number of aryl methyl sites for hydroxylation is 3. The summed E-state index contributed by atoms with van der Waals surface area (Å²) in [5.41, 5.74) is 7.00. The van der Waals surface area contributed by atoms with Gasteiger partial charge in [-0.25, -0.2) is 4.98 Å². The average Bonchev–Trinajstić information content (AvgIpc) is 2.55. The van der Waals surface area contributed by atoms with Crippen molar-refractivity contribution in [2.45, 2.75) is 27.2 Å². The summed E-state index contributed by atoms with van der Waals surface area (Å²) in [4.78, 5) is 4.84. The van der Waals surface area contributed by atoms with Crippen LogP contribution in [0.1, 0.15) is 23.6 Å². The van der Waals surface area contributed by atoms with E-state index in [1.165, 1.54) is 22.3 Å². The number of methoxy groups -OCH3 is 1. The fourth-order valence-corrected chi connectivity index (χ4v) is 2.72. The predicted octanol–water partition coefficient (Wildman–Crippen LogP) is 5.09. The van der Waals surface area contributed by atoms with Gasteiger partial charge in [0.25, 0.3) is 0 Å². The lowest BCUT2D eigenvalue weighted by atomic mass is 10.0. The van der Waals surface area contributed by atoms with Crippen molar-refractivity contribution in [2.24, 2.45) is 0 Å². The Kier molecular flexibility index (Phi) is 3.84. The van der Waals surface area contributed by atoms with Crippen LogP contribution in [0.3, 0.4) is 0 Å². The van der Waals surface area contributed by atoms with E-state index in [0.717, 1.165) is 28.8 Å². The summed E-state index contributed by atoms with van der Waals surface area (Å²) in [6.45, 7) is 6.41. The van der Waals surface area contributed by atoms with Crippen LogP contribution in [-0.2, 0) is 6.42 Å². The molecule has 1 aromatic heterocycles. The molecule has 0 atom stereocenters. The molecule has 112 valence electrons. The van der Waals surface area contributed by atoms with Crippen molar-refractivity contribution in [1.82, 2.24) is 4.98 Å². The molecule has 0 unspecified atom stereocenters. The Hall–Kier alpha value is -2.35. The van der Waals surface area contributed by atoms with Gasteiger partial charge in [0.15, 0.2) is 0 Å². The fourth-order valence-electron chi connectivity index (χ4n) is 2.72. The first kappa shape index (κ1) is 14.6. The molecule has 3 aromatic rings. The van der Waals surface area contributed by atoms with E-state index in [1.807, 2.05) is 0 Å². The highest BCUT2D eigenvalue weighted by Crippen LogP contribution is 2.28. The van der Waals surface area contributed by atoms with Gasteiger partial charge in [-0.2, -0.15) is 0 Å². The second-order valence-corrected chi connectivity index (χ2v) is 5.71. The molecular formula is C20H21NO. The number of aromatic nitrogens is 1.